The third-order valence-electron chi connectivity index (χ3n) is 2.97. The number of H-pyrrole nitrogens is 1. The molecule has 0 spiro atoms. The number of benzene rings is 1. The van der Waals surface area contributed by atoms with E-state index in [1.54, 1.807) is 13.0 Å². The second-order valence-electron chi connectivity index (χ2n) is 4.54. The van der Waals surface area contributed by atoms with Crippen molar-refractivity contribution < 1.29 is 27.4 Å². The molecule has 1 aromatic carbocycles. The fourth-order valence-electron chi connectivity index (χ4n) is 1.91. The first-order valence-electron chi connectivity index (χ1n) is 6.87. The van der Waals surface area contributed by atoms with E-state index in [1.165, 1.54) is 26.4 Å². The van der Waals surface area contributed by atoms with Crippen LogP contribution < -0.4 is 14.2 Å². The molecule has 2 rings (SSSR count). The van der Waals surface area contributed by atoms with Gasteiger partial charge < -0.3 is 14.2 Å². The lowest BCUT2D eigenvalue weighted by Gasteiger charge is -2.11. The predicted octanol–water partition coefficient (Wildman–Crippen LogP) is 1.40. The Labute approximate surface area is 139 Å². The lowest BCUT2D eigenvalue weighted by Crippen LogP contribution is -2.17. The third kappa shape index (κ3) is 3.77. The van der Waals surface area contributed by atoms with Crippen molar-refractivity contribution in [2.75, 3.05) is 25.5 Å². The number of rotatable bonds is 7. The van der Waals surface area contributed by atoms with Crippen molar-refractivity contribution in [2.24, 2.45) is 0 Å². The molecule has 2 aromatic rings. The van der Waals surface area contributed by atoms with E-state index in [0.29, 0.717) is 11.5 Å². The average Bonchev–Trinajstić information content (AvgIpc) is 3.05. The van der Waals surface area contributed by atoms with Crippen LogP contribution in [0.3, 0.4) is 0 Å². The Morgan fingerprint density at radius 2 is 1.83 bits per heavy atom. The number of anilines is 1. The van der Waals surface area contributed by atoms with Crippen LogP contribution in [-0.2, 0) is 14.8 Å². The highest BCUT2D eigenvalue weighted by atomic mass is 32.2. The standard InChI is InChI=1S/C14H17N3O6S/c1-4-23-14(18)12-8-15-16-13(12)24(19,20)17-9-5-10(21-2)7-11(6-9)22-3/h5-8,17H,4H2,1-3H3,(H,15,16). The fourth-order valence-corrected chi connectivity index (χ4v) is 3.03. The second kappa shape index (κ2) is 7.21. The second-order valence-corrected chi connectivity index (χ2v) is 6.16. The Bertz CT molecular complexity index is 809. The quantitative estimate of drug-likeness (QED) is 0.720. The molecule has 0 amide bonds. The van der Waals surface area contributed by atoms with Gasteiger partial charge >= 0.3 is 5.97 Å². The molecule has 10 heteroatoms. The zero-order valence-electron chi connectivity index (χ0n) is 13.3. The summed E-state index contributed by atoms with van der Waals surface area (Å²) in [6, 6.07) is 4.54. The van der Waals surface area contributed by atoms with Gasteiger partial charge in [-0.05, 0) is 6.92 Å². The highest BCUT2D eigenvalue weighted by molar-refractivity contribution is 7.92. The van der Waals surface area contributed by atoms with Gasteiger partial charge in [-0.1, -0.05) is 0 Å². The van der Waals surface area contributed by atoms with Crippen LogP contribution in [0.5, 0.6) is 11.5 Å². The maximum absolute atomic E-state index is 12.5. The van der Waals surface area contributed by atoms with E-state index >= 15 is 0 Å². The van der Waals surface area contributed by atoms with Crippen molar-refractivity contribution in [3.8, 4) is 11.5 Å². The van der Waals surface area contributed by atoms with Crippen LogP contribution in [0.4, 0.5) is 5.69 Å². The van der Waals surface area contributed by atoms with E-state index in [0.717, 1.165) is 6.20 Å². The van der Waals surface area contributed by atoms with Gasteiger partial charge in [0.15, 0.2) is 5.03 Å². The molecule has 24 heavy (non-hydrogen) atoms. The number of carbonyl (C=O) groups excluding carboxylic acids is 1. The first-order valence-corrected chi connectivity index (χ1v) is 8.36. The van der Waals surface area contributed by atoms with E-state index in [-0.39, 0.29) is 22.9 Å². The molecule has 0 aliphatic heterocycles. The Balaban J connectivity index is 2.36. The Kier molecular flexibility index (Phi) is 5.29. The van der Waals surface area contributed by atoms with Gasteiger partial charge in [0.25, 0.3) is 10.0 Å². The van der Waals surface area contributed by atoms with Gasteiger partial charge in [0.1, 0.15) is 17.1 Å². The number of nitrogens with one attached hydrogen (secondary N) is 2. The lowest BCUT2D eigenvalue weighted by molar-refractivity contribution is 0.0522. The summed E-state index contributed by atoms with van der Waals surface area (Å²) in [6.07, 6.45) is 1.10. The molecule has 0 atom stereocenters. The number of esters is 1. The summed E-state index contributed by atoms with van der Waals surface area (Å²) in [7, 11) is -1.20. The van der Waals surface area contributed by atoms with E-state index < -0.39 is 16.0 Å². The number of ether oxygens (including phenoxy) is 3. The van der Waals surface area contributed by atoms with Crippen molar-refractivity contribution in [3.05, 3.63) is 30.0 Å². The van der Waals surface area contributed by atoms with Crippen LogP contribution >= 0.6 is 0 Å². The lowest BCUT2D eigenvalue weighted by atomic mass is 10.3. The average molecular weight is 355 g/mol. The first kappa shape index (κ1) is 17.6. The van der Waals surface area contributed by atoms with Crippen LogP contribution in [0.15, 0.2) is 29.4 Å². The van der Waals surface area contributed by atoms with Crippen molar-refractivity contribution in [3.63, 3.8) is 0 Å². The monoisotopic (exact) mass is 355 g/mol. The molecule has 0 radical (unpaired) electrons. The zero-order valence-corrected chi connectivity index (χ0v) is 14.1. The number of aromatic nitrogens is 2. The molecular weight excluding hydrogens is 338 g/mol. The van der Waals surface area contributed by atoms with Gasteiger partial charge in [0.05, 0.1) is 32.7 Å². The van der Waals surface area contributed by atoms with Gasteiger partial charge in [-0.15, -0.1) is 0 Å². The number of methoxy groups -OCH3 is 2. The summed E-state index contributed by atoms with van der Waals surface area (Å²) < 4.78 is 42.4. The topological polar surface area (TPSA) is 120 Å². The highest BCUT2D eigenvalue weighted by Gasteiger charge is 2.26. The summed E-state index contributed by atoms with van der Waals surface area (Å²) in [5.74, 6) is 0.0272. The number of nitrogens with zero attached hydrogens (tertiary/aromatic N) is 1. The molecule has 1 heterocycles. The molecule has 0 unspecified atom stereocenters. The third-order valence-corrected chi connectivity index (χ3v) is 4.33. The number of carbonyl (C=O) groups is 1. The molecule has 130 valence electrons. The largest absolute Gasteiger partial charge is 0.497 e. The molecule has 9 nitrogen and oxygen atoms in total. The molecule has 1 aromatic heterocycles. The van der Waals surface area contributed by atoms with Crippen LogP contribution in [0, 0.1) is 0 Å². The minimum absolute atomic E-state index is 0.115. The van der Waals surface area contributed by atoms with Crippen molar-refractivity contribution in [2.45, 2.75) is 11.9 Å². The SMILES string of the molecule is CCOC(=O)c1cn[nH]c1S(=O)(=O)Nc1cc(OC)cc(OC)c1. The maximum Gasteiger partial charge on any atom is 0.342 e. The summed E-state index contributed by atoms with van der Waals surface area (Å²) in [5.41, 5.74) is 0.0230. The van der Waals surface area contributed by atoms with Crippen molar-refractivity contribution in [1.82, 2.24) is 10.2 Å². The molecule has 0 aliphatic carbocycles. The molecule has 2 N–H and O–H groups in total. The van der Waals surface area contributed by atoms with Crippen LogP contribution in [-0.4, -0.2) is 45.4 Å². The number of hydrogen-bond donors (Lipinski definition) is 2. The van der Waals surface area contributed by atoms with Crippen LogP contribution in [0.1, 0.15) is 17.3 Å². The Morgan fingerprint density at radius 3 is 2.38 bits per heavy atom. The predicted molar refractivity (Wildman–Crippen MR) is 84.9 cm³/mol. The van der Waals surface area contributed by atoms with Gasteiger partial charge in [-0.2, -0.15) is 13.5 Å². The van der Waals surface area contributed by atoms with Crippen molar-refractivity contribution in [1.29, 1.82) is 0 Å². The maximum atomic E-state index is 12.5. The van der Waals surface area contributed by atoms with Gasteiger partial charge in [0, 0.05) is 18.2 Å². The van der Waals surface area contributed by atoms with E-state index in [4.69, 9.17) is 14.2 Å². The first-order chi connectivity index (χ1) is 11.4. The molecule has 0 aliphatic rings. The number of sulfonamides is 1. The summed E-state index contributed by atoms with van der Waals surface area (Å²) in [6.45, 7) is 1.73. The normalized spacial score (nSPS) is 11.0. The molecule has 0 bridgehead atoms. The Hall–Kier alpha value is -2.75. The van der Waals surface area contributed by atoms with Crippen molar-refractivity contribution >= 4 is 21.7 Å². The number of aromatic amines is 1. The zero-order chi connectivity index (χ0) is 17.7. The smallest absolute Gasteiger partial charge is 0.342 e. The van der Waals surface area contributed by atoms with Gasteiger partial charge in [-0.25, -0.2) is 4.79 Å². The van der Waals surface area contributed by atoms with Crippen LogP contribution in [0.25, 0.3) is 0 Å². The summed E-state index contributed by atoms with van der Waals surface area (Å²) in [4.78, 5) is 11.8. The van der Waals surface area contributed by atoms with Gasteiger partial charge in [0.2, 0.25) is 0 Å². The van der Waals surface area contributed by atoms with E-state index in [1.807, 2.05) is 0 Å². The molecule has 0 fully saturated rings. The molecular formula is C14H17N3O6S. The minimum Gasteiger partial charge on any atom is -0.497 e. The summed E-state index contributed by atoms with van der Waals surface area (Å²) >= 11 is 0. The molecule has 0 saturated heterocycles. The fraction of sp³-hybridized carbons (Fsp3) is 0.286. The van der Waals surface area contributed by atoms with Crippen LogP contribution in [0.2, 0.25) is 0 Å². The summed E-state index contributed by atoms with van der Waals surface area (Å²) in [5, 5.41) is 5.52. The number of hydrogen-bond acceptors (Lipinski definition) is 7. The van der Waals surface area contributed by atoms with E-state index in [2.05, 4.69) is 14.9 Å². The van der Waals surface area contributed by atoms with E-state index in [9.17, 15) is 13.2 Å². The molecule has 0 saturated carbocycles. The minimum atomic E-state index is -4.09. The Morgan fingerprint density at radius 1 is 1.21 bits per heavy atom. The highest BCUT2D eigenvalue weighted by Crippen LogP contribution is 2.27. The van der Waals surface area contributed by atoms with Gasteiger partial charge in [-0.3, -0.25) is 9.82 Å².